The number of halogens is 1. The van der Waals surface area contributed by atoms with E-state index in [1.807, 2.05) is 18.2 Å². The number of carbonyl (C=O) groups excluding carboxylic acids is 1. The second kappa shape index (κ2) is 4.51. The summed E-state index contributed by atoms with van der Waals surface area (Å²) in [4.78, 5) is 12.4. The number of amides is 1. The first-order valence-electron chi connectivity index (χ1n) is 6.36. The van der Waals surface area contributed by atoms with Gasteiger partial charge in [0.2, 0.25) is 5.91 Å². The van der Waals surface area contributed by atoms with Crippen LogP contribution in [0.1, 0.15) is 27.7 Å². The Morgan fingerprint density at radius 3 is 2.32 bits per heavy atom. The molecule has 1 aliphatic rings. The minimum absolute atomic E-state index is 0.0312. The van der Waals surface area contributed by atoms with E-state index in [-0.39, 0.29) is 22.7 Å². The van der Waals surface area contributed by atoms with Gasteiger partial charge in [0.15, 0.2) is 0 Å². The lowest BCUT2D eigenvalue weighted by atomic mass is 10.0. The molecule has 1 fully saturated rings. The standard InChI is InChI=1S/C15H20BrNO2/c1-14(2)12(15(14,3)4)13(18)17-10-8-9(16)6-7-11(10)19-5/h6-8,12H,1-5H3,(H,17,18). The Labute approximate surface area is 122 Å². The van der Waals surface area contributed by atoms with Crippen LogP contribution in [-0.2, 0) is 4.79 Å². The molecule has 0 atom stereocenters. The molecule has 0 aliphatic heterocycles. The smallest absolute Gasteiger partial charge is 0.228 e. The van der Waals surface area contributed by atoms with Crippen molar-refractivity contribution in [3.05, 3.63) is 22.7 Å². The van der Waals surface area contributed by atoms with Gasteiger partial charge in [-0.1, -0.05) is 43.6 Å². The summed E-state index contributed by atoms with van der Waals surface area (Å²) in [6.07, 6.45) is 0. The fourth-order valence-corrected chi connectivity index (χ4v) is 3.20. The quantitative estimate of drug-likeness (QED) is 0.909. The normalized spacial score (nSPS) is 19.9. The zero-order valence-electron chi connectivity index (χ0n) is 12.0. The van der Waals surface area contributed by atoms with E-state index >= 15 is 0 Å². The lowest BCUT2D eigenvalue weighted by Crippen LogP contribution is -2.18. The third kappa shape index (κ3) is 2.27. The number of methoxy groups -OCH3 is 1. The van der Waals surface area contributed by atoms with Gasteiger partial charge in [-0.3, -0.25) is 4.79 Å². The summed E-state index contributed by atoms with van der Waals surface area (Å²) in [5.74, 6) is 0.767. The molecule has 0 radical (unpaired) electrons. The summed E-state index contributed by atoms with van der Waals surface area (Å²) in [7, 11) is 1.60. The first-order valence-corrected chi connectivity index (χ1v) is 7.15. The lowest BCUT2D eigenvalue weighted by molar-refractivity contribution is -0.118. The maximum atomic E-state index is 12.4. The Bertz CT molecular complexity index is 509. The number of hydrogen-bond acceptors (Lipinski definition) is 2. The summed E-state index contributed by atoms with van der Waals surface area (Å²) in [6, 6.07) is 5.58. The van der Waals surface area contributed by atoms with Gasteiger partial charge in [-0.05, 0) is 29.0 Å². The molecule has 2 rings (SSSR count). The van der Waals surface area contributed by atoms with Gasteiger partial charge in [-0.15, -0.1) is 0 Å². The van der Waals surface area contributed by atoms with Gasteiger partial charge in [0, 0.05) is 10.4 Å². The molecule has 1 aliphatic carbocycles. The molecular weight excluding hydrogens is 306 g/mol. The predicted molar refractivity (Wildman–Crippen MR) is 80.4 cm³/mol. The number of nitrogens with one attached hydrogen (secondary N) is 1. The molecule has 1 amide bonds. The molecule has 0 bridgehead atoms. The van der Waals surface area contributed by atoms with Gasteiger partial charge in [-0.25, -0.2) is 0 Å². The van der Waals surface area contributed by atoms with Crippen molar-refractivity contribution in [1.82, 2.24) is 0 Å². The number of hydrogen-bond donors (Lipinski definition) is 1. The fourth-order valence-electron chi connectivity index (χ4n) is 2.83. The highest BCUT2D eigenvalue weighted by molar-refractivity contribution is 9.10. The van der Waals surface area contributed by atoms with Crippen LogP contribution in [0.25, 0.3) is 0 Å². The van der Waals surface area contributed by atoms with E-state index in [0.29, 0.717) is 11.4 Å². The van der Waals surface area contributed by atoms with E-state index in [2.05, 4.69) is 48.9 Å². The highest BCUT2D eigenvalue weighted by Gasteiger charge is 2.68. The van der Waals surface area contributed by atoms with Crippen molar-refractivity contribution in [1.29, 1.82) is 0 Å². The Hall–Kier alpha value is -1.03. The lowest BCUT2D eigenvalue weighted by Gasteiger charge is -2.11. The summed E-state index contributed by atoms with van der Waals surface area (Å²) in [5.41, 5.74) is 0.785. The zero-order chi connectivity index (χ0) is 14.4. The molecule has 4 heteroatoms. The van der Waals surface area contributed by atoms with Crippen LogP contribution in [0.5, 0.6) is 5.75 Å². The van der Waals surface area contributed by atoms with E-state index in [1.165, 1.54) is 0 Å². The van der Waals surface area contributed by atoms with Gasteiger partial charge in [-0.2, -0.15) is 0 Å². The van der Waals surface area contributed by atoms with Crippen LogP contribution >= 0.6 is 15.9 Å². The van der Waals surface area contributed by atoms with Gasteiger partial charge < -0.3 is 10.1 Å². The SMILES string of the molecule is COc1ccc(Br)cc1NC(=O)C1C(C)(C)C1(C)C. The molecule has 1 aromatic rings. The van der Waals surface area contributed by atoms with Crippen molar-refractivity contribution in [2.45, 2.75) is 27.7 Å². The molecule has 1 aromatic carbocycles. The van der Waals surface area contributed by atoms with Crippen LogP contribution in [0.2, 0.25) is 0 Å². The second-order valence-electron chi connectivity index (χ2n) is 6.21. The average molecular weight is 326 g/mol. The maximum absolute atomic E-state index is 12.4. The van der Waals surface area contributed by atoms with E-state index in [0.717, 1.165) is 4.47 Å². The van der Waals surface area contributed by atoms with Crippen molar-refractivity contribution >= 4 is 27.5 Å². The third-order valence-corrected chi connectivity index (χ3v) is 5.20. The Morgan fingerprint density at radius 1 is 1.26 bits per heavy atom. The molecular formula is C15H20BrNO2. The monoisotopic (exact) mass is 325 g/mol. The van der Waals surface area contributed by atoms with Crippen molar-refractivity contribution in [2.75, 3.05) is 12.4 Å². The number of anilines is 1. The molecule has 0 saturated heterocycles. The number of rotatable bonds is 3. The Balaban J connectivity index is 2.19. The first kappa shape index (κ1) is 14.4. The Morgan fingerprint density at radius 2 is 1.84 bits per heavy atom. The topological polar surface area (TPSA) is 38.3 Å². The molecule has 19 heavy (non-hydrogen) atoms. The number of carbonyl (C=O) groups is 1. The highest BCUT2D eigenvalue weighted by Crippen LogP contribution is 2.68. The molecule has 3 nitrogen and oxygen atoms in total. The van der Waals surface area contributed by atoms with E-state index in [9.17, 15) is 4.79 Å². The summed E-state index contributed by atoms with van der Waals surface area (Å²) in [5, 5.41) is 2.98. The summed E-state index contributed by atoms with van der Waals surface area (Å²) >= 11 is 3.41. The van der Waals surface area contributed by atoms with Crippen molar-refractivity contribution in [3.63, 3.8) is 0 Å². The van der Waals surface area contributed by atoms with Crippen molar-refractivity contribution in [2.24, 2.45) is 16.7 Å². The summed E-state index contributed by atoms with van der Waals surface area (Å²) < 4.78 is 6.18. The van der Waals surface area contributed by atoms with Gasteiger partial charge >= 0.3 is 0 Å². The molecule has 1 N–H and O–H groups in total. The van der Waals surface area contributed by atoms with Gasteiger partial charge in [0.25, 0.3) is 0 Å². The fraction of sp³-hybridized carbons (Fsp3) is 0.533. The number of benzene rings is 1. The van der Waals surface area contributed by atoms with Gasteiger partial charge in [0.1, 0.15) is 5.75 Å². The van der Waals surface area contributed by atoms with Crippen LogP contribution < -0.4 is 10.1 Å². The van der Waals surface area contributed by atoms with Crippen LogP contribution in [0.15, 0.2) is 22.7 Å². The second-order valence-corrected chi connectivity index (χ2v) is 7.13. The predicted octanol–water partition coefficient (Wildman–Crippen LogP) is 4.08. The molecule has 0 aromatic heterocycles. The largest absolute Gasteiger partial charge is 0.495 e. The minimum atomic E-state index is 0.0312. The van der Waals surface area contributed by atoms with Crippen molar-refractivity contribution in [3.8, 4) is 5.75 Å². The first-order chi connectivity index (χ1) is 8.71. The van der Waals surface area contributed by atoms with Gasteiger partial charge in [0.05, 0.1) is 12.8 Å². The molecule has 0 heterocycles. The van der Waals surface area contributed by atoms with Crippen LogP contribution in [-0.4, -0.2) is 13.0 Å². The van der Waals surface area contributed by atoms with Crippen LogP contribution in [0.4, 0.5) is 5.69 Å². The van der Waals surface area contributed by atoms with Crippen molar-refractivity contribution < 1.29 is 9.53 Å². The number of ether oxygens (including phenoxy) is 1. The molecule has 0 spiro atoms. The van der Waals surface area contributed by atoms with Crippen LogP contribution in [0, 0.1) is 16.7 Å². The molecule has 0 unspecified atom stereocenters. The zero-order valence-corrected chi connectivity index (χ0v) is 13.6. The van der Waals surface area contributed by atoms with E-state index in [1.54, 1.807) is 7.11 Å². The van der Waals surface area contributed by atoms with E-state index in [4.69, 9.17) is 4.74 Å². The Kier molecular flexibility index (Phi) is 3.42. The van der Waals surface area contributed by atoms with E-state index < -0.39 is 0 Å². The minimum Gasteiger partial charge on any atom is -0.495 e. The molecule has 104 valence electrons. The third-order valence-electron chi connectivity index (χ3n) is 4.70. The maximum Gasteiger partial charge on any atom is 0.228 e. The van der Waals surface area contributed by atoms with Crippen LogP contribution in [0.3, 0.4) is 0 Å². The average Bonchev–Trinajstić information content (AvgIpc) is 2.69. The summed E-state index contributed by atoms with van der Waals surface area (Å²) in [6.45, 7) is 8.54. The molecule has 1 saturated carbocycles. The highest BCUT2D eigenvalue weighted by atomic mass is 79.9.